The number of rotatable bonds is 6. The van der Waals surface area contributed by atoms with E-state index in [2.05, 4.69) is 217 Å². The van der Waals surface area contributed by atoms with Crippen molar-refractivity contribution in [3.05, 3.63) is 212 Å². The van der Waals surface area contributed by atoms with Crippen LogP contribution >= 0.6 is 0 Å². The number of para-hydroxylation sites is 2. The minimum Gasteiger partial charge on any atom is -0.309 e. The summed E-state index contributed by atoms with van der Waals surface area (Å²) in [7, 11) is 0. The fraction of sp³-hybridized carbons (Fsp3) is 0. The van der Waals surface area contributed by atoms with Gasteiger partial charge in [0.2, 0.25) is 0 Å². The number of benzene rings is 10. The molecule has 0 saturated carbocycles. The Morgan fingerprint density at radius 2 is 0.566 bits per heavy atom. The summed E-state index contributed by atoms with van der Waals surface area (Å²) in [5, 5.41) is 9.74. The van der Waals surface area contributed by atoms with E-state index >= 15 is 0 Å². The molecule has 10 aromatic carbocycles. The fourth-order valence-electron chi connectivity index (χ4n) is 8.36. The Hall–Kier alpha value is -6.96. The minimum atomic E-state index is 1.10. The lowest BCUT2D eigenvalue weighted by Gasteiger charge is -2.33. The van der Waals surface area contributed by atoms with Crippen molar-refractivity contribution in [2.45, 2.75) is 0 Å². The predicted octanol–water partition coefficient (Wildman–Crippen LogP) is 14.8. The largest absolute Gasteiger partial charge is 0.309 e. The van der Waals surface area contributed by atoms with Crippen molar-refractivity contribution in [2.24, 2.45) is 0 Å². The highest BCUT2D eigenvalue weighted by Gasteiger charge is 2.29. The van der Waals surface area contributed by atoms with Crippen molar-refractivity contribution >= 4 is 60.2 Å². The van der Waals surface area contributed by atoms with Crippen molar-refractivity contribution in [3.63, 3.8) is 0 Å². The smallest absolute Gasteiger partial charge is 0.0625 e. The Morgan fingerprint density at radius 1 is 0.226 bits per heavy atom. The SMILES string of the molecule is c1ccc(N(c2ccccc2)c2c(-c3cccc4ccccc34)c(-c3cccc4ccccc34)c(-c3cccc4ccccc34)c3ccccc23)cc1. The Labute approximate surface area is 309 Å². The molecule has 0 amide bonds. The van der Waals surface area contributed by atoms with Gasteiger partial charge in [0, 0.05) is 27.9 Å². The summed E-state index contributed by atoms with van der Waals surface area (Å²) in [6.07, 6.45) is 0. The fourth-order valence-corrected chi connectivity index (χ4v) is 8.36. The van der Waals surface area contributed by atoms with Crippen LogP contribution in [0.5, 0.6) is 0 Å². The van der Waals surface area contributed by atoms with E-state index in [9.17, 15) is 0 Å². The van der Waals surface area contributed by atoms with Crippen LogP contribution in [0.15, 0.2) is 212 Å². The van der Waals surface area contributed by atoms with Gasteiger partial charge in [-0.3, -0.25) is 0 Å². The molecule has 0 radical (unpaired) electrons. The third-order valence-corrected chi connectivity index (χ3v) is 10.6. The molecule has 1 heteroatoms. The Balaban J connectivity index is 1.52. The Bertz CT molecular complexity index is 2890. The van der Waals surface area contributed by atoms with E-state index in [0.717, 1.165) is 17.1 Å². The molecule has 0 N–H and O–H groups in total. The second-order valence-electron chi connectivity index (χ2n) is 13.6. The van der Waals surface area contributed by atoms with Crippen molar-refractivity contribution in [1.29, 1.82) is 0 Å². The molecule has 0 fully saturated rings. The van der Waals surface area contributed by atoms with Gasteiger partial charge in [0.25, 0.3) is 0 Å². The molecule has 0 atom stereocenters. The maximum Gasteiger partial charge on any atom is 0.0625 e. The number of hydrogen-bond donors (Lipinski definition) is 0. The molecule has 0 unspecified atom stereocenters. The third-order valence-electron chi connectivity index (χ3n) is 10.6. The van der Waals surface area contributed by atoms with Gasteiger partial charge >= 0.3 is 0 Å². The minimum absolute atomic E-state index is 1.10. The lowest BCUT2D eigenvalue weighted by Crippen LogP contribution is -2.13. The van der Waals surface area contributed by atoms with E-state index in [0.29, 0.717) is 0 Å². The first-order chi connectivity index (χ1) is 26.3. The number of nitrogens with zero attached hydrogens (tertiary/aromatic N) is 1. The van der Waals surface area contributed by atoms with Crippen LogP contribution in [-0.4, -0.2) is 0 Å². The molecule has 0 heterocycles. The Kier molecular flexibility index (Phi) is 7.55. The van der Waals surface area contributed by atoms with Crippen molar-refractivity contribution in [2.75, 3.05) is 4.90 Å². The van der Waals surface area contributed by atoms with Gasteiger partial charge in [0.05, 0.1) is 5.69 Å². The molecule has 0 saturated heterocycles. The second-order valence-corrected chi connectivity index (χ2v) is 13.6. The maximum absolute atomic E-state index is 2.47. The van der Waals surface area contributed by atoms with Gasteiger partial charge < -0.3 is 4.90 Å². The summed E-state index contributed by atoms with van der Waals surface area (Å²) < 4.78 is 0. The average Bonchev–Trinajstić information content (AvgIpc) is 3.24. The van der Waals surface area contributed by atoms with E-state index in [1.54, 1.807) is 0 Å². The van der Waals surface area contributed by atoms with Crippen LogP contribution in [-0.2, 0) is 0 Å². The quantitative estimate of drug-likeness (QED) is 0.170. The molecule has 10 aromatic rings. The lowest BCUT2D eigenvalue weighted by atomic mass is 9.79. The van der Waals surface area contributed by atoms with Crippen LogP contribution < -0.4 is 4.90 Å². The third kappa shape index (κ3) is 5.17. The van der Waals surface area contributed by atoms with Gasteiger partial charge in [0.1, 0.15) is 0 Å². The normalized spacial score (nSPS) is 11.4. The van der Waals surface area contributed by atoms with E-state index < -0.39 is 0 Å². The molecule has 0 aliphatic heterocycles. The summed E-state index contributed by atoms with van der Waals surface area (Å²) in [4.78, 5) is 2.47. The molecular weight excluding hydrogens is 639 g/mol. The summed E-state index contributed by atoms with van der Waals surface area (Å²) in [5.41, 5.74) is 10.7. The van der Waals surface area contributed by atoms with Crippen molar-refractivity contribution in [3.8, 4) is 33.4 Å². The van der Waals surface area contributed by atoms with Crippen LogP contribution in [0, 0.1) is 0 Å². The number of hydrogen-bond acceptors (Lipinski definition) is 1. The number of anilines is 3. The van der Waals surface area contributed by atoms with Crippen molar-refractivity contribution < 1.29 is 0 Å². The summed E-state index contributed by atoms with van der Waals surface area (Å²) in [6, 6.07) is 77.5. The van der Waals surface area contributed by atoms with Gasteiger partial charge in [-0.15, -0.1) is 0 Å². The molecule has 53 heavy (non-hydrogen) atoms. The van der Waals surface area contributed by atoms with Crippen LogP contribution in [0.4, 0.5) is 17.1 Å². The van der Waals surface area contributed by atoms with E-state index in [1.807, 2.05) is 0 Å². The van der Waals surface area contributed by atoms with E-state index in [4.69, 9.17) is 0 Å². The van der Waals surface area contributed by atoms with Gasteiger partial charge in [-0.05, 0) is 84.2 Å². The first-order valence-corrected chi connectivity index (χ1v) is 18.3. The van der Waals surface area contributed by atoms with Gasteiger partial charge in [-0.2, -0.15) is 0 Å². The topological polar surface area (TPSA) is 3.24 Å². The zero-order valence-electron chi connectivity index (χ0n) is 29.2. The van der Waals surface area contributed by atoms with Crippen LogP contribution in [0.3, 0.4) is 0 Å². The van der Waals surface area contributed by atoms with E-state index in [-0.39, 0.29) is 0 Å². The molecule has 248 valence electrons. The first-order valence-electron chi connectivity index (χ1n) is 18.3. The molecule has 0 aromatic heterocycles. The van der Waals surface area contributed by atoms with E-state index in [1.165, 1.54) is 76.5 Å². The zero-order valence-corrected chi connectivity index (χ0v) is 29.2. The molecule has 1 nitrogen and oxygen atoms in total. The van der Waals surface area contributed by atoms with Gasteiger partial charge in [0.15, 0.2) is 0 Å². The molecule has 10 rings (SSSR count). The van der Waals surface area contributed by atoms with Crippen LogP contribution in [0.2, 0.25) is 0 Å². The molecular formula is C52H35N. The molecule has 0 aliphatic rings. The van der Waals surface area contributed by atoms with Gasteiger partial charge in [-0.25, -0.2) is 0 Å². The highest BCUT2D eigenvalue weighted by molar-refractivity contribution is 6.24. The van der Waals surface area contributed by atoms with Crippen LogP contribution in [0.25, 0.3) is 76.5 Å². The monoisotopic (exact) mass is 673 g/mol. The van der Waals surface area contributed by atoms with Crippen LogP contribution in [0.1, 0.15) is 0 Å². The summed E-state index contributed by atoms with van der Waals surface area (Å²) in [5.74, 6) is 0. The lowest BCUT2D eigenvalue weighted by molar-refractivity contribution is 1.30. The standard InChI is InChI=1S/C52H35N/c1-3-24-39(25-4-1)53(40-26-5-2-6-27-40)52-48-32-14-13-31-47(48)49(44-33-15-21-36-18-7-10-28-41(36)44)50(45-34-16-22-37-19-8-11-29-42(37)45)51(52)46-35-17-23-38-20-9-12-30-43(38)46/h1-35H. The van der Waals surface area contributed by atoms with Crippen molar-refractivity contribution in [1.82, 2.24) is 0 Å². The molecule has 0 bridgehead atoms. The summed E-state index contributed by atoms with van der Waals surface area (Å²) in [6.45, 7) is 0. The second kappa shape index (κ2) is 13.0. The predicted molar refractivity (Wildman–Crippen MR) is 227 cm³/mol. The Morgan fingerprint density at radius 3 is 1.04 bits per heavy atom. The maximum atomic E-state index is 2.47. The highest BCUT2D eigenvalue weighted by Crippen LogP contribution is 2.56. The molecule has 0 aliphatic carbocycles. The highest BCUT2D eigenvalue weighted by atomic mass is 15.1. The van der Waals surface area contributed by atoms with Gasteiger partial charge in [-0.1, -0.05) is 188 Å². The summed E-state index contributed by atoms with van der Waals surface area (Å²) >= 11 is 0. The average molecular weight is 674 g/mol. The first kappa shape index (κ1) is 30.8. The number of fused-ring (bicyclic) bond motifs is 4. The zero-order chi connectivity index (χ0) is 35.1. The molecule has 0 spiro atoms.